The van der Waals surface area contributed by atoms with Crippen molar-refractivity contribution < 1.29 is 14.6 Å². The molecule has 2 rings (SSSR count). The number of carbonyl (C=O) groups is 1. The standard InChI is InChI=1S/C15H16N2O3/c1-9(2)11-5-4-10(3)13(6-11)20-14-8-16-7-12(17-14)15(18)19/h4-9H,1-3H3,(H,18,19). The summed E-state index contributed by atoms with van der Waals surface area (Å²) in [5, 5.41) is 8.89. The molecule has 0 saturated carbocycles. The Hall–Kier alpha value is -2.43. The van der Waals surface area contributed by atoms with Crippen LogP contribution < -0.4 is 4.74 Å². The summed E-state index contributed by atoms with van der Waals surface area (Å²) in [6.45, 7) is 6.12. The average Bonchev–Trinajstić information content (AvgIpc) is 2.41. The lowest BCUT2D eigenvalue weighted by Crippen LogP contribution is -2.02. The fraction of sp³-hybridized carbons (Fsp3) is 0.267. The molecule has 0 radical (unpaired) electrons. The molecule has 1 aromatic carbocycles. The Morgan fingerprint density at radius 2 is 2.05 bits per heavy atom. The number of aromatic carboxylic acids is 1. The van der Waals surface area contributed by atoms with Gasteiger partial charge in [0.05, 0.1) is 12.4 Å². The summed E-state index contributed by atoms with van der Waals surface area (Å²) >= 11 is 0. The minimum atomic E-state index is -1.13. The normalized spacial score (nSPS) is 10.6. The Balaban J connectivity index is 2.32. The van der Waals surface area contributed by atoms with Gasteiger partial charge < -0.3 is 9.84 Å². The average molecular weight is 272 g/mol. The van der Waals surface area contributed by atoms with E-state index in [1.54, 1.807) is 0 Å². The first kappa shape index (κ1) is 14.0. The molecule has 0 unspecified atom stereocenters. The molecule has 0 aliphatic carbocycles. The lowest BCUT2D eigenvalue weighted by Gasteiger charge is -2.11. The molecular weight excluding hydrogens is 256 g/mol. The second-order valence-corrected chi connectivity index (χ2v) is 4.83. The van der Waals surface area contributed by atoms with E-state index in [0.717, 1.165) is 11.1 Å². The predicted octanol–water partition coefficient (Wildman–Crippen LogP) is 3.40. The van der Waals surface area contributed by atoms with E-state index in [-0.39, 0.29) is 11.6 Å². The molecule has 0 spiro atoms. The van der Waals surface area contributed by atoms with E-state index in [1.165, 1.54) is 12.4 Å². The highest BCUT2D eigenvalue weighted by Crippen LogP contribution is 2.27. The summed E-state index contributed by atoms with van der Waals surface area (Å²) < 4.78 is 5.65. The number of hydrogen-bond donors (Lipinski definition) is 1. The largest absolute Gasteiger partial charge is 0.476 e. The van der Waals surface area contributed by atoms with E-state index in [2.05, 4.69) is 23.8 Å². The maximum atomic E-state index is 10.9. The third-order valence-corrected chi connectivity index (χ3v) is 2.92. The number of aromatic nitrogens is 2. The number of benzene rings is 1. The number of rotatable bonds is 4. The Morgan fingerprint density at radius 3 is 2.70 bits per heavy atom. The van der Waals surface area contributed by atoms with Crippen molar-refractivity contribution in [2.75, 3.05) is 0 Å². The second-order valence-electron chi connectivity index (χ2n) is 4.83. The number of ether oxygens (including phenoxy) is 1. The van der Waals surface area contributed by atoms with Crippen LogP contribution in [0.25, 0.3) is 0 Å². The van der Waals surface area contributed by atoms with Gasteiger partial charge in [0.25, 0.3) is 0 Å². The SMILES string of the molecule is Cc1ccc(C(C)C)cc1Oc1cncc(C(=O)O)n1. The monoisotopic (exact) mass is 272 g/mol. The van der Waals surface area contributed by atoms with Crippen LogP contribution in [0, 0.1) is 6.92 Å². The van der Waals surface area contributed by atoms with Crippen LogP contribution in [0.15, 0.2) is 30.6 Å². The Bertz CT molecular complexity index is 639. The van der Waals surface area contributed by atoms with Gasteiger partial charge in [-0.2, -0.15) is 0 Å². The molecule has 1 N–H and O–H groups in total. The van der Waals surface area contributed by atoms with Gasteiger partial charge in [0.2, 0.25) is 5.88 Å². The maximum absolute atomic E-state index is 10.9. The zero-order valence-corrected chi connectivity index (χ0v) is 11.6. The highest BCUT2D eigenvalue weighted by atomic mass is 16.5. The number of nitrogens with zero attached hydrogens (tertiary/aromatic N) is 2. The van der Waals surface area contributed by atoms with Gasteiger partial charge in [-0.25, -0.2) is 9.78 Å². The Labute approximate surface area is 117 Å². The third-order valence-electron chi connectivity index (χ3n) is 2.92. The van der Waals surface area contributed by atoms with Gasteiger partial charge in [0.15, 0.2) is 5.69 Å². The van der Waals surface area contributed by atoms with Gasteiger partial charge in [-0.15, -0.1) is 0 Å². The quantitative estimate of drug-likeness (QED) is 0.923. The summed E-state index contributed by atoms with van der Waals surface area (Å²) in [5.41, 5.74) is 1.96. The smallest absolute Gasteiger partial charge is 0.356 e. The van der Waals surface area contributed by atoms with Gasteiger partial charge >= 0.3 is 5.97 Å². The van der Waals surface area contributed by atoms with Crippen LogP contribution in [-0.2, 0) is 0 Å². The molecule has 5 nitrogen and oxygen atoms in total. The van der Waals surface area contributed by atoms with E-state index in [1.807, 2.05) is 25.1 Å². The van der Waals surface area contributed by atoms with Crippen LogP contribution in [0.4, 0.5) is 0 Å². The fourth-order valence-corrected chi connectivity index (χ4v) is 1.70. The van der Waals surface area contributed by atoms with Crippen molar-refractivity contribution in [3.05, 3.63) is 47.4 Å². The highest BCUT2D eigenvalue weighted by molar-refractivity contribution is 5.84. The van der Waals surface area contributed by atoms with Crippen molar-refractivity contribution in [2.24, 2.45) is 0 Å². The van der Waals surface area contributed by atoms with Gasteiger partial charge in [-0.3, -0.25) is 4.98 Å². The summed E-state index contributed by atoms with van der Waals surface area (Å²) in [6.07, 6.45) is 2.58. The Morgan fingerprint density at radius 1 is 1.30 bits per heavy atom. The molecule has 0 saturated heterocycles. The topological polar surface area (TPSA) is 72.3 Å². The van der Waals surface area contributed by atoms with Crippen molar-refractivity contribution in [1.82, 2.24) is 9.97 Å². The van der Waals surface area contributed by atoms with Crippen LogP contribution in [0.3, 0.4) is 0 Å². The van der Waals surface area contributed by atoms with Crippen LogP contribution >= 0.6 is 0 Å². The van der Waals surface area contributed by atoms with Crippen molar-refractivity contribution >= 4 is 5.97 Å². The van der Waals surface area contributed by atoms with Crippen LogP contribution in [0.5, 0.6) is 11.6 Å². The lowest BCUT2D eigenvalue weighted by molar-refractivity contribution is 0.0689. The molecule has 0 fully saturated rings. The third kappa shape index (κ3) is 3.12. The van der Waals surface area contributed by atoms with Crippen LogP contribution in [0.2, 0.25) is 0 Å². The molecule has 0 aliphatic rings. The minimum Gasteiger partial charge on any atom is -0.476 e. The summed E-state index contributed by atoms with van der Waals surface area (Å²) in [5.74, 6) is 0.0898. The van der Waals surface area contributed by atoms with E-state index < -0.39 is 5.97 Å². The zero-order chi connectivity index (χ0) is 14.7. The first-order valence-electron chi connectivity index (χ1n) is 6.31. The van der Waals surface area contributed by atoms with Crippen LogP contribution in [-0.4, -0.2) is 21.0 Å². The molecule has 0 atom stereocenters. The second kappa shape index (κ2) is 5.69. The summed E-state index contributed by atoms with van der Waals surface area (Å²) in [6, 6.07) is 5.96. The number of hydrogen-bond acceptors (Lipinski definition) is 4. The Kier molecular flexibility index (Phi) is 3.98. The number of aryl methyl sites for hydroxylation is 1. The summed E-state index contributed by atoms with van der Waals surface area (Å²) in [4.78, 5) is 18.6. The molecule has 104 valence electrons. The van der Waals surface area contributed by atoms with Gasteiger partial charge in [-0.05, 0) is 30.0 Å². The van der Waals surface area contributed by atoms with Crippen molar-refractivity contribution in [1.29, 1.82) is 0 Å². The molecule has 1 heterocycles. The minimum absolute atomic E-state index is 0.139. The number of carboxylic acids is 1. The first-order valence-corrected chi connectivity index (χ1v) is 6.31. The first-order chi connectivity index (χ1) is 9.47. The lowest BCUT2D eigenvalue weighted by atomic mass is 10.0. The van der Waals surface area contributed by atoms with Gasteiger partial charge in [0.1, 0.15) is 5.75 Å². The maximum Gasteiger partial charge on any atom is 0.356 e. The molecule has 2 aromatic rings. The molecule has 1 aromatic heterocycles. The predicted molar refractivity (Wildman–Crippen MR) is 74.3 cm³/mol. The van der Waals surface area contributed by atoms with Gasteiger partial charge in [-0.1, -0.05) is 26.0 Å². The van der Waals surface area contributed by atoms with Crippen LogP contribution in [0.1, 0.15) is 41.4 Å². The van der Waals surface area contributed by atoms with E-state index in [4.69, 9.17) is 9.84 Å². The van der Waals surface area contributed by atoms with Crippen molar-refractivity contribution in [2.45, 2.75) is 26.7 Å². The van der Waals surface area contributed by atoms with E-state index >= 15 is 0 Å². The van der Waals surface area contributed by atoms with Crippen molar-refractivity contribution in [3.8, 4) is 11.6 Å². The fourth-order valence-electron chi connectivity index (χ4n) is 1.70. The highest BCUT2D eigenvalue weighted by Gasteiger charge is 2.10. The van der Waals surface area contributed by atoms with E-state index in [9.17, 15) is 4.79 Å². The molecule has 5 heteroatoms. The van der Waals surface area contributed by atoms with Crippen molar-refractivity contribution in [3.63, 3.8) is 0 Å². The molecule has 0 bridgehead atoms. The molecule has 0 amide bonds. The zero-order valence-electron chi connectivity index (χ0n) is 11.6. The van der Waals surface area contributed by atoms with E-state index in [0.29, 0.717) is 11.7 Å². The molecular formula is C15H16N2O3. The summed E-state index contributed by atoms with van der Waals surface area (Å²) in [7, 11) is 0. The molecule has 0 aliphatic heterocycles. The van der Waals surface area contributed by atoms with Gasteiger partial charge in [0, 0.05) is 0 Å². The molecule has 20 heavy (non-hydrogen) atoms. The number of carboxylic acid groups (broad SMARTS) is 1.